The average molecular weight is 245 g/mol. The number of hydrogen-bond donors (Lipinski definition) is 0. The lowest BCUT2D eigenvalue weighted by Gasteiger charge is -2.31. The fourth-order valence-electron chi connectivity index (χ4n) is 2.10. The van der Waals surface area contributed by atoms with Gasteiger partial charge in [0.2, 0.25) is 0 Å². The first-order valence-electron chi connectivity index (χ1n) is 5.68. The summed E-state index contributed by atoms with van der Waals surface area (Å²) in [6.45, 7) is 1.23. The smallest absolute Gasteiger partial charge is 0.371 e. The van der Waals surface area contributed by atoms with Crippen molar-refractivity contribution in [2.45, 2.75) is 25.4 Å². The highest BCUT2D eigenvalue weighted by molar-refractivity contribution is 5.79. The van der Waals surface area contributed by atoms with Crippen LogP contribution in [0.4, 0.5) is 13.2 Å². The first-order chi connectivity index (χ1) is 7.97. The van der Waals surface area contributed by atoms with Gasteiger partial charge in [-0.1, -0.05) is 12.2 Å². The maximum absolute atomic E-state index is 12.4. The molecule has 2 rings (SSSR count). The van der Waals surface area contributed by atoms with Crippen LogP contribution >= 0.6 is 0 Å². The van der Waals surface area contributed by atoms with Crippen molar-refractivity contribution in [3.63, 3.8) is 0 Å². The summed E-state index contributed by atoms with van der Waals surface area (Å²) in [4.78, 5) is 13.0. The molecule has 1 aliphatic heterocycles. The summed E-state index contributed by atoms with van der Waals surface area (Å²) in [7, 11) is 0. The van der Waals surface area contributed by atoms with Gasteiger partial charge in [-0.2, -0.15) is 13.2 Å². The monoisotopic (exact) mass is 245 g/mol. The molecule has 0 radical (unpaired) electrons. The number of nitrogens with zero attached hydrogens (tertiary/aromatic N) is 1. The fourth-order valence-corrected chi connectivity index (χ4v) is 2.10. The predicted octanol–water partition coefficient (Wildman–Crippen LogP) is 2.67. The van der Waals surface area contributed by atoms with E-state index in [1.165, 1.54) is 12.2 Å². The molecule has 1 saturated heterocycles. The van der Waals surface area contributed by atoms with Crippen molar-refractivity contribution in [3.8, 4) is 0 Å². The highest BCUT2D eigenvalue weighted by Crippen LogP contribution is 2.33. The number of allylic oxidation sites excluding steroid dienone is 3. The van der Waals surface area contributed by atoms with E-state index in [-0.39, 0.29) is 12.2 Å². The number of likely N-dealkylation sites (tertiary alicyclic amines) is 1. The second-order valence-electron chi connectivity index (χ2n) is 4.40. The maximum atomic E-state index is 12.4. The molecular formula is C12H14F3NO. The van der Waals surface area contributed by atoms with Crippen LogP contribution in [0.5, 0.6) is 0 Å². The molecule has 0 saturated carbocycles. The molecule has 17 heavy (non-hydrogen) atoms. The van der Waals surface area contributed by atoms with E-state index in [0.29, 0.717) is 25.9 Å². The number of Topliss-reactive ketones (excluding diaryl/α,β-unsaturated/α-hetero) is 1. The van der Waals surface area contributed by atoms with E-state index in [1.807, 2.05) is 4.90 Å². The van der Waals surface area contributed by atoms with Crippen molar-refractivity contribution in [2.75, 3.05) is 13.1 Å². The summed E-state index contributed by atoms with van der Waals surface area (Å²) in [5, 5.41) is 0. The van der Waals surface area contributed by atoms with Crippen molar-refractivity contribution >= 4 is 5.78 Å². The zero-order valence-corrected chi connectivity index (χ0v) is 9.33. The molecule has 2 nitrogen and oxygen atoms in total. The van der Waals surface area contributed by atoms with Crippen LogP contribution < -0.4 is 0 Å². The molecule has 0 spiro atoms. The van der Waals surface area contributed by atoms with Crippen LogP contribution in [0.25, 0.3) is 0 Å². The Labute approximate surface area is 97.8 Å². The van der Waals surface area contributed by atoms with Gasteiger partial charge < -0.3 is 4.90 Å². The summed E-state index contributed by atoms with van der Waals surface area (Å²) in [6, 6.07) is 0. The third kappa shape index (κ3) is 2.90. The highest BCUT2D eigenvalue weighted by atomic mass is 19.4. The largest absolute Gasteiger partial charge is 0.395 e. The minimum Gasteiger partial charge on any atom is -0.371 e. The Morgan fingerprint density at radius 2 is 1.88 bits per heavy atom. The summed E-state index contributed by atoms with van der Waals surface area (Å²) < 4.78 is 37.3. The number of hydrogen-bond acceptors (Lipinski definition) is 2. The van der Waals surface area contributed by atoms with Crippen molar-refractivity contribution in [2.24, 2.45) is 5.92 Å². The van der Waals surface area contributed by atoms with E-state index < -0.39 is 12.1 Å². The Morgan fingerprint density at radius 1 is 1.24 bits per heavy atom. The standard InChI is InChI=1S/C12H14F3NO/c13-12(14,15)9-1-3-10(4-2-9)16-7-5-11(17)6-8-16/h1,3-4,9H,2,5-8H2. The zero-order chi connectivity index (χ0) is 12.5. The molecule has 1 atom stereocenters. The van der Waals surface area contributed by atoms with Crippen LogP contribution in [-0.2, 0) is 4.79 Å². The van der Waals surface area contributed by atoms with Crippen molar-refractivity contribution < 1.29 is 18.0 Å². The Kier molecular flexibility index (Phi) is 3.26. The lowest BCUT2D eigenvalue weighted by atomic mass is 9.97. The molecule has 0 aromatic heterocycles. The number of carbonyl (C=O) groups excluding carboxylic acids is 1. The second-order valence-corrected chi connectivity index (χ2v) is 4.40. The van der Waals surface area contributed by atoms with Crippen LogP contribution in [-0.4, -0.2) is 29.9 Å². The van der Waals surface area contributed by atoms with Gasteiger partial charge >= 0.3 is 6.18 Å². The Balaban J connectivity index is 1.96. The van der Waals surface area contributed by atoms with Gasteiger partial charge in [-0.15, -0.1) is 0 Å². The number of ketones is 1. The molecule has 0 aromatic rings. The fraction of sp³-hybridized carbons (Fsp3) is 0.583. The van der Waals surface area contributed by atoms with Crippen molar-refractivity contribution in [3.05, 3.63) is 23.9 Å². The molecular weight excluding hydrogens is 231 g/mol. The summed E-state index contributed by atoms with van der Waals surface area (Å²) in [5.74, 6) is -1.13. The lowest BCUT2D eigenvalue weighted by molar-refractivity contribution is -0.160. The number of piperidine rings is 1. The Morgan fingerprint density at radius 3 is 2.35 bits per heavy atom. The van der Waals surface area contributed by atoms with Gasteiger partial charge in [-0.3, -0.25) is 4.79 Å². The SMILES string of the molecule is O=C1CCN(C2=CCC(C(F)(F)F)C=C2)CC1. The zero-order valence-electron chi connectivity index (χ0n) is 9.33. The van der Waals surface area contributed by atoms with Gasteiger partial charge in [0.1, 0.15) is 5.78 Å². The summed E-state index contributed by atoms with van der Waals surface area (Å²) in [6.07, 6.45) is 1.19. The van der Waals surface area contributed by atoms with Crippen LogP contribution in [0.3, 0.4) is 0 Å². The van der Waals surface area contributed by atoms with E-state index in [1.54, 1.807) is 6.08 Å². The minimum absolute atomic E-state index is 0.000218. The molecule has 94 valence electrons. The predicted molar refractivity (Wildman–Crippen MR) is 57.2 cm³/mol. The minimum atomic E-state index is -4.16. The molecule has 1 aliphatic carbocycles. The molecule has 1 heterocycles. The second kappa shape index (κ2) is 4.55. The molecule has 5 heteroatoms. The van der Waals surface area contributed by atoms with Crippen LogP contribution in [0.2, 0.25) is 0 Å². The third-order valence-corrected chi connectivity index (χ3v) is 3.19. The lowest BCUT2D eigenvalue weighted by Crippen LogP contribution is -2.33. The topological polar surface area (TPSA) is 20.3 Å². The van der Waals surface area contributed by atoms with Gasteiger partial charge in [-0.05, 0) is 12.5 Å². The van der Waals surface area contributed by atoms with Gasteiger partial charge in [0.25, 0.3) is 0 Å². The Bertz CT molecular complexity index is 360. The van der Waals surface area contributed by atoms with Gasteiger partial charge in [-0.25, -0.2) is 0 Å². The van der Waals surface area contributed by atoms with Gasteiger partial charge in [0.05, 0.1) is 5.92 Å². The maximum Gasteiger partial charge on any atom is 0.395 e. The molecule has 1 unspecified atom stereocenters. The van der Waals surface area contributed by atoms with E-state index in [0.717, 1.165) is 5.70 Å². The normalized spacial score (nSPS) is 26.1. The highest BCUT2D eigenvalue weighted by Gasteiger charge is 2.38. The van der Waals surface area contributed by atoms with E-state index in [9.17, 15) is 18.0 Å². The number of halogens is 3. The van der Waals surface area contributed by atoms with E-state index >= 15 is 0 Å². The van der Waals surface area contributed by atoms with Crippen LogP contribution in [0.1, 0.15) is 19.3 Å². The molecule has 0 N–H and O–H groups in total. The van der Waals surface area contributed by atoms with E-state index in [4.69, 9.17) is 0 Å². The summed E-state index contributed by atoms with van der Waals surface area (Å²) in [5.41, 5.74) is 0.818. The average Bonchev–Trinajstić information content (AvgIpc) is 2.29. The first kappa shape index (κ1) is 12.2. The number of carbonyl (C=O) groups is 1. The molecule has 2 aliphatic rings. The van der Waals surface area contributed by atoms with Gasteiger partial charge in [0, 0.05) is 31.6 Å². The number of rotatable bonds is 1. The molecule has 1 fully saturated rings. The van der Waals surface area contributed by atoms with Crippen LogP contribution in [0, 0.1) is 5.92 Å². The summed E-state index contributed by atoms with van der Waals surface area (Å²) >= 11 is 0. The number of alkyl halides is 3. The quantitative estimate of drug-likeness (QED) is 0.708. The van der Waals surface area contributed by atoms with Crippen molar-refractivity contribution in [1.29, 1.82) is 0 Å². The third-order valence-electron chi connectivity index (χ3n) is 3.19. The van der Waals surface area contributed by atoms with Gasteiger partial charge in [0.15, 0.2) is 0 Å². The molecule has 0 bridgehead atoms. The van der Waals surface area contributed by atoms with Crippen LogP contribution in [0.15, 0.2) is 23.9 Å². The first-order valence-corrected chi connectivity index (χ1v) is 5.68. The van der Waals surface area contributed by atoms with Crippen molar-refractivity contribution in [1.82, 2.24) is 4.90 Å². The Hall–Kier alpha value is -1.26. The van der Waals surface area contributed by atoms with E-state index in [2.05, 4.69) is 0 Å². The molecule has 0 aromatic carbocycles. The molecule has 0 amide bonds.